The molecule has 1 aromatic heterocycles. The summed E-state index contributed by atoms with van der Waals surface area (Å²) >= 11 is 0. The lowest BCUT2D eigenvalue weighted by atomic mass is 10.5. The summed E-state index contributed by atoms with van der Waals surface area (Å²) in [5, 5.41) is 10.8. The molecule has 96 valence electrons. The SMILES string of the molecule is CCOC(=O)COCCNCc1nncn1C. The van der Waals surface area contributed by atoms with Crippen molar-refractivity contribution in [2.45, 2.75) is 13.5 Å². The first-order valence-electron chi connectivity index (χ1n) is 5.51. The van der Waals surface area contributed by atoms with E-state index in [9.17, 15) is 4.79 Å². The van der Waals surface area contributed by atoms with Gasteiger partial charge in [-0.2, -0.15) is 0 Å². The van der Waals surface area contributed by atoms with Gasteiger partial charge in [-0.15, -0.1) is 10.2 Å². The zero-order valence-electron chi connectivity index (χ0n) is 10.2. The third kappa shape index (κ3) is 5.41. The standard InChI is InChI=1S/C10H18N4O3/c1-3-17-10(15)7-16-5-4-11-6-9-13-12-8-14(9)2/h8,11H,3-7H2,1-2H3. The zero-order chi connectivity index (χ0) is 12.5. The number of carbonyl (C=O) groups excluding carboxylic acids is 1. The van der Waals surface area contributed by atoms with Crippen LogP contribution < -0.4 is 5.32 Å². The van der Waals surface area contributed by atoms with Crippen LogP contribution in [-0.4, -0.2) is 47.1 Å². The summed E-state index contributed by atoms with van der Waals surface area (Å²) in [7, 11) is 1.88. The highest BCUT2D eigenvalue weighted by atomic mass is 16.6. The number of hydrogen-bond acceptors (Lipinski definition) is 6. The van der Waals surface area contributed by atoms with Crippen LogP contribution in [0.3, 0.4) is 0 Å². The third-order valence-electron chi connectivity index (χ3n) is 2.04. The molecule has 0 amide bonds. The first-order valence-corrected chi connectivity index (χ1v) is 5.51. The summed E-state index contributed by atoms with van der Waals surface area (Å²) in [4.78, 5) is 10.9. The second-order valence-electron chi connectivity index (χ2n) is 3.39. The van der Waals surface area contributed by atoms with Gasteiger partial charge in [0, 0.05) is 13.6 Å². The summed E-state index contributed by atoms with van der Waals surface area (Å²) in [5.41, 5.74) is 0. The first kappa shape index (κ1) is 13.6. The molecule has 0 aliphatic rings. The molecule has 7 nitrogen and oxygen atoms in total. The van der Waals surface area contributed by atoms with E-state index in [-0.39, 0.29) is 12.6 Å². The lowest BCUT2D eigenvalue weighted by Gasteiger charge is -2.05. The molecule has 0 spiro atoms. The van der Waals surface area contributed by atoms with Crippen molar-refractivity contribution in [1.82, 2.24) is 20.1 Å². The predicted octanol–water partition coefficient (Wildman–Crippen LogP) is -0.516. The molecule has 0 radical (unpaired) electrons. The van der Waals surface area contributed by atoms with Crippen molar-refractivity contribution in [3.63, 3.8) is 0 Å². The molecule has 0 aliphatic heterocycles. The average Bonchev–Trinajstić information content (AvgIpc) is 2.70. The van der Waals surface area contributed by atoms with Crippen LogP contribution in [0.25, 0.3) is 0 Å². The summed E-state index contributed by atoms with van der Waals surface area (Å²) in [6, 6.07) is 0. The second kappa shape index (κ2) is 7.75. The minimum atomic E-state index is -0.333. The van der Waals surface area contributed by atoms with Crippen LogP contribution in [0.2, 0.25) is 0 Å². The van der Waals surface area contributed by atoms with Crippen molar-refractivity contribution in [3.8, 4) is 0 Å². The van der Waals surface area contributed by atoms with E-state index in [1.54, 1.807) is 13.3 Å². The van der Waals surface area contributed by atoms with E-state index in [0.29, 0.717) is 26.3 Å². The van der Waals surface area contributed by atoms with Crippen molar-refractivity contribution in [3.05, 3.63) is 12.2 Å². The monoisotopic (exact) mass is 242 g/mol. The minimum Gasteiger partial charge on any atom is -0.464 e. The topological polar surface area (TPSA) is 78.3 Å². The molecule has 0 unspecified atom stereocenters. The van der Waals surface area contributed by atoms with Crippen LogP contribution in [0.1, 0.15) is 12.7 Å². The Hall–Kier alpha value is -1.47. The molecule has 0 saturated carbocycles. The average molecular weight is 242 g/mol. The van der Waals surface area contributed by atoms with Gasteiger partial charge in [0.1, 0.15) is 18.8 Å². The van der Waals surface area contributed by atoms with Gasteiger partial charge in [-0.25, -0.2) is 4.79 Å². The van der Waals surface area contributed by atoms with Crippen molar-refractivity contribution in [2.24, 2.45) is 7.05 Å². The van der Waals surface area contributed by atoms with E-state index < -0.39 is 0 Å². The maximum Gasteiger partial charge on any atom is 0.332 e. The number of aryl methyl sites for hydroxylation is 1. The molecular formula is C10H18N4O3. The molecule has 1 rings (SSSR count). The Balaban J connectivity index is 1.98. The molecule has 0 aliphatic carbocycles. The smallest absolute Gasteiger partial charge is 0.332 e. The van der Waals surface area contributed by atoms with Gasteiger partial charge in [-0.1, -0.05) is 0 Å². The molecule has 7 heteroatoms. The van der Waals surface area contributed by atoms with Crippen LogP contribution >= 0.6 is 0 Å². The third-order valence-corrected chi connectivity index (χ3v) is 2.04. The summed E-state index contributed by atoms with van der Waals surface area (Å²) in [6.07, 6.45) is 1.65. The van der Waals surface area contributed by atoms with Crippen molar-refractivity contribution < 1.29 is 14.3 Å². The normalized spacial score (nSPS) is 10.5. The highest BCUT2D eigenvalue weighted by Gasteiger charge is 2.01. The Labute approximate surface area is 100 Å². The number of nitrogens with one attached hydrogen (secondary N) is 1. The fourth-order valence-corrected chi connectivity index (χ4v) is 1.17. The molecule has 0 bridgehead atoms. The minimum absolute atomic E-state index is 0.000516. The molecule has 0 fully saturated rings. The fourth-order valence-electron chi connectivity index (χ4n) is 1.17. The number of esters is 1. The van der Waals surface area contributed by atoms with Gasteiger partial charge in [0.2, 0.25) is 0 Å². The highest BCUT2D eigenvalue weighted by molar-refractivity contribution is 5.70. The van der Waals surface area contributed by atoms with Crippen LogP contribution in [0, 0.1) is 0 Å². The quantitative estimate of drug-likeness (QED) is 0.488. The van der Waals surface area contributed by atoms with Gasteiger partial charge in [-0.05, 0) is 6.92 Å². The van der Waals surface area contributed by atoms with Crippen molar-refractivity contribution in [2.75, 3.05) is 26.4 Å². The largest absolute Gasteiger partial charge is 0.464 e. The number of aromatic nitrogens is 3. The van der Waals surface area contributed by atoms with E-state index in [0.717, 1.165) is 5.82 Å². The number of nitrogens with zero attached hydrogens (tertiary/aromatic N) is 3. The zero-order valence-corrected chi connectivity index (χ0v) is 10.2. The van der Waals surface area contributed by atoms with Crippen LogP contribution in [0.15, 0.2) is 6.33 Å². The van der Waals surface area contributed by atoms with Crippen LogP contribution in [0.5, 0.6) is 0 Å². The second-order valence-corrected chi connectivity index (χ2v) is 3.39. The summed E-state index contributed by atoms with van der Waals surface area (Å²) in [5.74, 6) is 0.524. The molecule has 0 saturated heterocycles. The Morgan fingerprint density at radius 3 is 3.06 bits per heavy atom. The summed E-state index contributed by atoms with van der Waals surface area (Å²) < 4.78 is 11.7. The molecular weight excluding hydrogens is 224 g/mol. The molecule has 17 heavy (non-hydrogen) atoms. The van der Waals surface area contributed by atoms with Crippen LogP contribution in [0.4, 0.5) is 0 Å². The predicted molar refractivity (Wildman–Crippen MR) is 60.2 cm³/mol. The van der Waals surface area contributed by atoms with E-state index in [4.69, 9.17) is 9.47 Å². The maximum atomic E-state index is 10.9. The van der Waals surface area contributed by atoms with E-state index >= 15 is 0 Å². The van der Waals surface area contributed by atoms with E-state index in [1.165, 1.54) is 0 Å². The number of ether oxygens (including phenoxy) is 2. The number of rotatable bonds is 8. The fraction of sp³-hybridized carbons (Fsp3) is 0.700. The van der Waals surface area contributed by atoms with E-state index in [2.05, 4.69) is 15.5 Å². The van der Waals surface area contributed by atoms with Gasteiger partial charge in [0.05, 0.1) is 19.8 Å². The van der Waals surface area contributed by atoms with Gasteiger partial charge in [0.25, 0.3) is 0 Å². The lowest BCUT2D eigenvalue weighted by molar-refractivity contribution is -0.148. The molecule has 0 atom stereocenters. The molecule has 1 heterocycles. The first-order chi connectivity index (χ1) is 8.24. The number of carbonyl (C=O) groups is 1. The van der Waals surface area contributed by atoms with Crippen molar-refractivity contribution in [1.29, 1.82) is 0 Å². The van der Waals surface area contributed by atoms with Gasteiger partial charge in [-0.3, -0.25) is 0 Å². The number of hydrogen-bond donors (Lipinski definition) is 1. The lowest BCUT2D eigenvalue weighted by Crippen LogP contribution is -2.23. The molecule has 0 aromatic carbocycles. The highest BCUT2D eigenvalue weighted by Crippen LogP contribution is 1.89. The Kier molecular flexibility index (Phi) is 6.19. The Morgan fingerprint density at radius 2 is 2.41 bits per heavy atom. The summed E-state index contributed by atoms with van der Waals surface area (Å²) in [6.45, 7) is 3.87. The van der Waals surface area contributed by atoms with Crippen LogP contribution in [-0.2, 0) is 27.9 Å². The maximum absolute atomic E-state index is 10.9. The molecule has 1 aromatic rings. The van der Waals surface area contributed by atoms with Gasteiger partial charge in [0.15, 0.2) is 0 Å². The van der Waals surface area contributed by atoms with Crippen molar-refractivity contribution >= 4 is 5.97 Å². The van der Waals surface area contributed by atoms with Gasteiger partial charge < -0.3 is 19.4 Å². The Bertz CT molecular complexity index is 340. The molecule has 1 N–H and O–H groups in total. The Morgan fingerprint density at radius 1 is 1.59 bits per heavy atom. The van der Waals surface area contributed by atoms with Gasteiger partial charge >= 0.3 is 5.97 Å². The van der Waals surface area contributed by atoms with E-state index in [1.807, 2.05) is 11.6 Å².